The quantitative estimate of drug-likeness (QED) is 0.893. The molecule has 2 heterocycles. The highest BCUT2D eigenvalue weighted by molar-refractivity contribution is 5.54. The molecule has 0 aliphatic carbocycles. The Morgan fingerprint density at radius 2 is 2.10 bits per heavy atom. The molecule has 0 spiro atoms. The summed E-state index contributed by atoms with van der Waals surface area (Å²) in [4.78, 5) is 6.70. The number of rotatable bonds is 4. The van der Waals surface area contributed by atoms with Gasteiger partial charge < -0.3 is 16.0 Å². The van der Waals surface area contributed by atoms with Gasteiger partial charge in [-0.1, -0.05) is 30.3 Å². The second-order valence-electron chi connectivity index (χ2n) is 5.23. The molecule has 1 fully saturated rings. The molecule has 104 valence electrons. The highest BCUT2D eigenvalue weighted by Gasteiger charge is 2.19. The molecule has 1 aromatic carbocycles. The molecular weight excluding hydrogens is 248 g/mol. The van der Waals surface area contributed by atoms with Gasteiger partial charge in [0.2, 0.25) is 0 Å². The van der Waals surface area contributed by atoms with Crippen molar-refractivity contribution in [2.45, 2.75) is 19.0 Å². The van der Waals surface area contributed by atoms with Crippen LogP contribution in [0.1, 0.15) is 12.0 Å². The molecule has 0 amide bonds. The molecule has 2 aromatic rings. The minimum atomic E-state index is 0.295. The lowest BCUT2D eigenvalue weighted by Crippen LogP contribution is -2.26. The average molecular weight is 268 g/mol. The number of anilines is 2. The molecule has 0 unspecified atom stereocenters. The topological polar surface area (TPSA) is 54.2 Å². The molecule has 0 bridgehead atoms. The van der Waals surface area contributed by atoms with Crippen LogP contribution < -0.4 is 16.0 Å². The lowest BCUT2D eigenvalue weighted by molar-refractivity contribution is 0.752. The summed E-state index contributed by atoms with van der Waals surface area (Å²) in [5.41, 5.74) is 8.41. The molecule has 0 saturated carbocycles. The van der Waals surface area contributed by atoms with E-state index in [1.807, 2.05) is 30.5 Å². The van der Waals surface area contributed by atoms with Crippen LogP contribution in [-0.2, 0) is 6.54 Å². The van der Waals surface area contributed by atoms with E-state index < -0.39 is 0 Å². The van der Waals surface area contributed by atoms with E-state index in [0.717, 1.165) is 31.9 Å². The standard InChI is InChI=1S/C16H20N4/c17-14-7-9-20(12-14)15-6-8-18-16(10-15)19-11-13-4-2-1-3-5-13/h1-6,8,10,14H,7,9,11-12,17H2,(H,18,19)/t14-/m0/s1. The number of benzene rings is 1. The smallest absolute Gasteiger partial charge is 0.128 e. The predicted octanol–water partition coefficient (Wildman–Crippen LogP) is 2.23. The molecule has 3 N–H and O–H groups in total. The summed E-state index contributed by atoms with van der Waals surface area (Å²) >= 11 is 0. The van der Waals surface area contributed by atoms with Gasteiger partial charge in [0.1, 0.15) is 5.82 Å². The van der Waals surface area contributed by atoms with Crippen molar-refractivity contribution < 1.29 is 0 Å². The first-order chi connectivity index (χ1) is 9.81. The van der Waals surface area contributed by atoms with Gasteiger partial charge in [0.05, 0.1) is 0 Å². The van der Waals surface area contributed by atoms with Crippen LogP contribution in [0, 0.1) is 0 Å². The van der Waals surface area contributed by atoms with Gasteiger partial charge in [-0.2, -0.15) is 0 Å². The highest BCUT2D eigenvalue weighted by Crippen LogP contribution is 2.21. The van der Waals surface area contributed by atoms with Gasteiger partial charge >= 0.3 is 0 Å². The van der Waals surface area contributed by atoms with Crippen molar-refractivity contribution in [2.24, 2.45) is 5.73 Å². The van der Waals surface area contributed by atoms with E-state index in [0.29, 0.717) is 6.04 Å². The van der Waals surface area contributed by atoms with Crippen molar-refractivity contribution in [3.63, 3.8) is 0 Å². The summed E-state index contributed by atoms with van der Waals surface area (Å²) in [7, 11) is 0. The number of aromatic nitrogens is 1. The summed E-state index contributed by atoms with van der Waals surface area (Å²) in [6, 6.07) is 14.8. The van der Waals surface area contributed by atoms with E-state index in [1.165, 1.54) is 11.3 Å². The normalized spacial score (nSPS) is 18.2. The first-order valence-electron chi connectivity index (χ1n) is 7.05. The van der Waals surface area contributed by atoms with Crippen LogP contribution in [0.5, 0.6) is 0 Å². The maximum Gasteiger partial charge on any atom is 0.128 e. The third-order valence-electron chi connectivity index (χ3n) is 3.65. The van der Waals surface area contributed by atoms with E-state index in [9.17, 15) is 0 Å². The van der Waals surface area contributed by atoms with E-state index in [4.69, 9.17) is 5.73 Å². The molecule has 1 atom stereocenters. The Balaban J connectivity index is 1.65. The van der Waals surface area contributed by atoms with Crippen molar-refractivity contribution in [3.05, 3.63) is 54.2 Å². The Bertz CT molecular complexity index is 555. The zero-order valence-corrected chi connectivity index (χ0v) is 11.5. The maximum absolute atomic E-state index is 5.96. The number of hydrogen-bond donors (Lipinski definition) is 2. The fraction of sp³-hybridized carbons (Fsp3) is 0.312. The highest BCUT2D eigenvalue weighted by atomic mass is 15.2. The van der Waals surface area contributed by atoms with Crippen LogP contribution in [0.4, 0.5) is 11.5 Å². The number of nitrogens with one attached hydrogen (secondary N) is 1. The van der Waals surface area contributed by atoms with Crippen LogP contribution in [0.25, 0.3) is 0 Å². The Hall–Kier alpha value is -2.07. The minimum Gasteiger partial charge on any atom is -0.370 e. The lowest BCUT2D eigenvalue weighted by atomic mass is 10.2. The number of nitrogens with zero attached hydrogens (tertiary/aromatic N) is 2. The van der Waals surface area contributed by atoms with Crippen molar-refractivity contribution in [1.29, 1.82) is 0 Å². The van der Waals surface area contributed by atoms with E-state index in [-0.39, 0.29) is 0 Å². The van der Waals surface area contributed by atoms with Crippen molar-refractivity contribution in [2.75, 3.05) is 23.3 Å². The average Bonchev–Trinajstić information content (AvgIpc) is 2.93. The van der Waals surface area contributed by atoms with Crippen LogP contribution in [-0.4, -0.2) is 24.1 Å². The van der Waals surface area contributed by atoms with Crippen molar-refractivity contribution in [1.82, 2.24) is 4.98 Å². The zero-order valence-electron chi connectivity index (χ0n) is 11.5. The summed E-state index contributed by atoms with van der Waals surface area (Å²) in [5.74, 6) is 0.909. The monoisotopic (exact) mass is 268 g/mol. The summed E-state index contributed by atoms with van der Waals surface area (Å²) < 4.78 is 0. The molecule has 1 saturated heterocycles. The van der Waals surface area contributed by atoms with Gasteiger partial charge in [0.25, 0.3) is 0 Å². The predicted molar refractivity (Wildman–Crippen MR) is 82.8 cm³/mol. The van der Waals surface area contributed by atoms with Crippen molar-refractivity contribution >= 4 is 11.5 Å². The fourth-order valence-electron chi connectivity index (χ4n) is 2.52. The Morgan fingerprint density at radius 3 is 2.85 bits per heavy atom. The second-order valence-corrected chi connectivity index (χ2v) is 5.23. The van der Waals surface area contributed by atoms with Crippen LogP contribution >= 0.6 is 0 Å². The van der Waals surface area contributed by atoms with E-state index >= 15 is 0 Å². The molecule has 4 nitrogen and oxygen atoms in total. The molecule has 4 heteroatoms. The molecule has 3 rings (SSSR count). The zero-order chi connectivity index (χ0) is 13.8. The van der Waals surface area contributed by atoms with Gasteiger partial charge in [-0.25, -0.2) is 4.98 Å². The van der Waals surface area contributed by atoms with Gasteiger partial charge in [-0.3, -0.25) is 0 Å². The summed E-state index contributed by atoms with van der Waals surface area (Å²) in [6.45, 7) is 2.75. The second kappa shape index (κ2) is 5.92. The molecular formula is C16H20N4. The maximum atomic E-state index is 5.96. The Kier molecular flexibility index (Phi) is 3.83. The van der Waals surface area contributed by atoms with Crippen LogP contribution in [0.2, 0.25) is 0 Å². The number of pyridine rings is 1. The lowest BCUT2D eigenvalue weighted by Gasteiger charge is -2.18. The minimum absolute atomic E-state index is 0.295. The van der Waals surface area contributed by atoms with Gasteiger partial charge in [-0.15, -0.1) is 0 Å². The Morgan fingerprint density at radius 1 is 1.25 bits per heavy atom. The molecule has 1 aromatic heterocycles. The van der Waals surface area contributed by atoms with Gasteiger partial charge in [0, 0.05) is 43.6 Å². The number of nitrogens with two attached hydrogens (primary N) is 1. The van der Waals surface area contributed by atoms with Crippen LogP contribution in [0.3, 0.4) is 0 Å². The van der Waals surface area contributed by atoms with Gasteiger partial charge in [0.15, 0.2) is 0 Å². The third kappa shape index (κ3) is 3.08. The molecule has 1 aliphatic rings. The van der Waals surface area contributed by atoms with Crippen LogP contribution in [0.15, 0.2) is 48.7 Å². The van der Waals surface area contributed by atoms with E-state index in [2.05, 4.69) is 33.4 Å². The van der Waals surface area contributed by atoms with Crippen molar-refractivity contribution in [3.8, 4) is 0 Å². The summed E-state index contributed by atoms with van der Waals surface area (Å²) in [5, 5.41) is 3.37. The van der Waals surface area contributed by atoms with E-state index in [1.54, 1.807) is 0 Å². The number of hydrogen-bond acceptors (Lipinski definition) is 4. The SMILES string of the molecule is N[C@H]1CCN(c2ccnc(NCc3ccccc3)c2)C1. The fourth-order valence-corrected chi connectivity index (χ4v) is 2.52. The summed E-state index contributed by atoms with van der Waals surface area (Å²) in [6.07, 6.45) is 2.92. The third-order valence-corrected chi connectivity index (χ3v) is 3.65. The molecule has 20 heavy (non-hydrogen) atoms. The first kappa shape index (κ1) is 12.9. The first-order valence-corrected chi connectivity index (χ1v) is 7.05. The largest absolute Gasteiger partial charge is 0.370 e. The Labute approximate surface area is 119 Å². The molecule has 0 radical (unpaired) electrons. The molecule has 1 aliphatic heterocycles. The van der Waals surface area contributed by atoms with Gasteiger partial charge in [-0.05, 0) is 18.1 Å².